The molecule has 0 radical (unpaired) electrons. The highest BCUT2D eigenvalue weighted by molar-refractivity contribution is 6.77. The molecule has 0 spiro atoms. The molecule has 1 unspecified atom stereocenters. The highest BCUT2D eigenvalue weighted by Gasteiger charge is 2.44. The minimum absolute atomic E-state index is 0.0605. The van der Waals surface area contributed by atoms with Gasteiger partial charge in [-0.3, -0.25) is 4.79 Å². The fraction of sp³-hybridized carbons (Fsp3) is 0.708. The third-order valence-corrected chi connectivity index (χ3v) is 13.0. The van der Waals surface area contributed by atoms with Crippen LogP contribution in [0.5, 0.6) is 0 Å². The average Bonchev–Trinajstić information content (AvgIpc) is 2.67. The summed E-state index contributed by atoms with van der Waals surface area (Å²) in [6.07, 6.45) is 2.90. The highest BCUT2D eigenvalue weighted by Crippen LogP contribution is 2.42. The molecule has 0 bridgehead atoms. The van der Waals surface area contributed by atoms with Crippen LogP contribution in [0.15, 0.2) is 18.2 Å². The molecule has 1 fully saturated rings. The number of amides is 1. The number of likely N-dealkylation sites (N-methyl/N-ethyl adjacent to an activating group) is 1. The number of carbonyl (C=O) groups is 1. The summed E-state index contributed by atoms with van der Waals surface area (Å²) in [7, 11) is 0.0851. The van der Waals surface area contributed by atoms with Gasteiger partial charge in [0.05, 0.1) is 17.3 Å². The molecule has 6 heteroatoms. The number of piperidine rings is 1. The molecule has 0 aliphatic carbocycles. The first kappa shape index (κ1) is 24.7. The van der Waals surface area contributed by atoms with Gasteiger partial charge in [0.25, 0.3) is 0 Å². The Morgan fingerprint density at radius 1 is 1.17 bits per heavy atom. The van der Waals surface area contributed by atoms with Crippen molar-refractivity contribution in [3.05, 3.63) is 23.8 Å². The van der Waals surface area contributed by atoms with E-state index in [9.17, 15) is 4.79 Å². The lowest BCUT2D eigenvalue weighted by Crippen LogP contribution is -2.48. The van der Waals surface area contributed by atoms with Gasteiger partial charge in [0, 0.05) is 26.7 Å². The van der Waals surface area contributed by atoms with Crippen LogP contribution in [-0.4, -0.2) is 45.9 Å². The normalized spacial score (nSPS) is 18.0. The Bertz CT molecular complexity index is 684. The third kappa shape index (κ3) is 5.38. The van der Waals surface area contributed by atoms with Crippen molar-refractivity contribution in [1.29, 1.82) is 0 Å². The largest absolute Gasteiger partial charge is 0.416 e. The molecule has 1 aromatic rings. The highest BCUT2D eigenvalue weighted by atomic mass is 28.4. The molecule has 1 atom stereocenters. The van der Waals surface area contributed by atoms with Crippen molar-refractivity contribution in [3.8, 4) is 0 Å². The van der Waals surface area contributed by atoms with Crippen molar-refractivity contribution in [3.63, 3.8) is 0 Å². The summed E-state index contributed by atoms with van der Waals surface area (Å²) in [6.45, 7) is 16.4. The van der Waals surface area contributed by atoms with E-state index < -0.39 is 8.32 Å². The van der Waals surface area contributed by atoms with Gasteiger partial charge in [-0.25, -0.2) is 0 Å². The molecule has 1 saturated heterocycles. The van der Waals surface area contributed by atoms with Gasteiger partial charge in [0.1, 0.15) is 0 Å². The number of hydrogen-bond acceptors (Lipinski definition) is 4. The fourth-order valence-electron chi connectivity index (χ4n) is 5.34. The molecule has 5 nitrogen and oxygen atoms in total. The van der Waals surface area contributed by atoms with Crippen LogP contribution in [0, 0.1) is 0 Å². The zero-order chi connectivity index (χ0) is 22.5. The molecule has 30 heavy (non-hydrogen) atoms. The van der Waals surface area contributed by atoms with E-state index in [2.05, 4.69) is 46.9 Å². The average molecular weight is 434 g/mol. The fourth-order valence-corrected chi connectivity index (χ4v) is 10.8. The van der Waals surface area contributed by atoms with E-state index in [1.807, 2.05) is 30.1 Å². The Hall–Kier alpha value is -1.53. The second-order valence-electron chi connectivity index (χ2n) is 9.75. The van der Waals surface area contributed by atoms with Gasteiger partial charge in [0.2, 0.25) is 5.91 Å². The molecular formula is C24H43N3O2Si. The van der Waals surface area contributed by atoms with E-state index in [1.54, 1.807) is 0 Å². The molecule has 1 heterocycles. The summed E-state index contributed by atoms with van der Waals surface area (Å²) in [5, 5.41) is 3.45. The lowest BCUT2D eigenvalue weighted by molar-refractivity contribution is -0.133. The standard InChI is InChI=1S/C24H43N3O2Si/c1-17(2)30(18(3)4,19(5)6)29-15-9-13-26-23-12-11-20(16-22(23)25)21-10-8-14-27(7)24(21)28/h11-12,16-19,21,26H,8-10,13-15,25H2,1-7H3. The number of rotatable bonds is 10. The summed E-state index contributed by atoms with van der Waals surface area (Å²) < 4.78 is 6.63. The van der Waals surface area contributed by atoms with Crippen LogP contribution >= 0.6 is 0 Å². The maximum absolute atomic E-state index is 12.4. The van der Waals surface area contributed by atoms with E-state index in [-0.39, 0.29) is 11.8 Å². The number of nitrogens with one attached hydrogen (secondary N) is 1. The molecule has 0 aromatic heterocycles. The number of hydrogen-bond donors (Lipinski definition) is 2. The van der Waals surface area contributed by atoms with Gasteiger partial charge in [0.15, 0.2) is 8.32 Å². The van der Waals surface area contributed by atoms with Crippen LogP contribution in [0.1, 0.15) is 72.3 Å². The van der Waals surface area contributed by atoms with Crippen LogP contribution in [0.4, 0.5) is 11.4 Å². The SMILES string of the molecule is CC(C)[Si](OCCCNc1ccc(C2CCCN(C)C2=O)cc1N)(C(C)C)C(C)C. The Balaban J connectivity index is 1.90. The second kappa shape index (κ2) is 10.7. The van der Waals surface area contributed by atoms with Crippen molar-refractivity contribution in [2.45, 2.75) is 83.3 Å². The lowest BCUT2D eigenvalue weighted by atomic mass is 9.89. The maximum atomic E-state index is 12.4. The lowest BCUT2D eigenvalue weighted by Gasteiger charge is -2.42. The van der Waals surface area contributed by atoms with Crippen LogP contribution in [0.3, 0.4) is 0 Å². The van der Waals surface area contributed by atoms with E-state index in [4.69, 9.17) is 10.2 Å². The van der Waals surface area contributed by atoms with Crippen molar-refractivity contribution in [2.24, 2.45) is 0 Å². The van der Waals surface area contributed by atoms with E-state index in [0.29, 0.717) is 22.3 Å². The molecular weight excluding hydrogens is 390 g/mol. The third-order valence-electron chi connectivity index (χ3n) is 6.83. The van der Waals surface area contributed by atoms with Gasteiger partial charge in [-0.1, -0.05) is 47.6 Å². The number of likely N-dealkylation sites (tertiary alicyclic amines) is 1. The van der Waals surface area contributed by atoms with Gasteiger partial charge in [-0.05, 0) is 53.6 Å². The topological polar surface area (TPSA) is 67.6 Å². The number of nitrogens with zero attached hydrogens (tertiary/aromatic N) is 1. The van der Waals surface area contributed by atoms with E-state index >= 15 is 0 Å². The Morgan fingerprint density at radius 2 is 1.80 bits per heavy atom. The second-order valence-corrected chi connectivity index (χ2v) is 15.2. The van der Waals surface area contributed by atoms with Crippen molar-refractivity contribution < 1.29 is 9.22 Å². The summed E-state index contributed by atoms with van der Waals surface area (Å²) in [5.41, 5.74) is 10.8. The predicted molar refractivity (Wildman–Crippen MR) is 131 cm³/mol. The monoisotopic (exact) mass is 433 g/mol. The number of benzene rings is 1. The minimum atomic E-state index is -1.80. The van der Waals surface area contributed by atoms with Crippen molar-refractivity contribution >= 4 is 25.6 Å². The number of nitrogens with two attached hydrogens (primary N) is 1. The number of nitrogen functional groups attached to an aromatic ring is 1. The first-order valence-corrected chi connectivity index (χ1v) is 13.8. The minimum Gasteiger partial charge on any atom is -0.416 e. The Morgan fingerprint density at radius 3 is 2.37 bits per heavy atom. The van der Waals surface area contributed by atoms with Crippen LogP contribution < -0.4 is 11.1 Å². The quantitative estimate of drug-likeness (QED) is 0.286. The molecule has 0 saturated carbocycles. The number of carbonyl (C=O) groups excluding carboxylic acids is 1. The van der Waals surface area contributed by atoms with Gasteiger partial charge >= 0.3 is 0 Å². The van der Waals surface area contributed by atoms with Crippen LogP contribution in [0.2, 0.25) is 16.6 Å². The van der Waals surface area contributed by atoms with Gasteiger partial charge in [-0.2, -0.15) is 0 Å². The molecule has 3 N–H and O–H groups in total. The number of anilines is 2. The molecule has 1 amide bonds. The predicted octanol–water partition coefficient (Wildman–Crippen LogP) is 5.60. The summed E-state index contributed by atoms with van der Waals surface area (Å²) in [5.74, 6) is 0.140. The zero-order valence-corrected chi connectivity index (χ0v) is 21.1. The van der Waals surface area contributed by atoms with Crippen LogP contribution in [-0.2, 0) is 9.22 Å². The first-order valence-electron chi connectivity index (χ1n) is 11.6. The molecule has 1 aromatic carbocycles. The van der Waals surface area contributed by atoms with Crippen molar-refractivity contribution in [1.82, 2.24) is 4.90 Å². The molecule has 1 aliphatic rings. The van der Waals surface area contributed by atoms with Gasteiger partial charge < -0.3 is 20.4 Å². The first-order chi connectivity index (χ1) is 14.1. The van der Waals surface area contributed by atoms with E-state index in [0.717, 1.165) is 50.2 Å². The molecule has 1 aliphatic heterocycles. The smallest absolute Gasteiger partial charge is 0.229 e. The summed E-state index contributed by atoms with van der Waals surface area (Å²) in [6, 6.07) is 6.03. The maximum Gasteiger partial charge on any atom is 0.229 e. The molecule has 170 valence electrons. The zero-order valence-electron chi connectivity index (χ0n) is 20.1. The summed E-state index contributed by atoms with van der Waals surface area (Å²) in [4.78, 5) is 14.3. The van der Waals surface area contributed by atoms with Crippen LogP contribution in [0.25, 0.3) is 0 Å². The van der Waals surface area contributed by atoms with Gasteiger partial charge in [-0.15, -0.1) is 0 Å². The van der Waals surface area contributed by atoms with Crippen molar-refractivity contribution in [2.75, 3.05) is 37.8 Å². The Labute approximate surface area is 184 Å². The van der Waals surface area contributed by atoms with E-state index in [1.165, 1.54) is 0 Å². The summed E-state index contributed by atoms with van der Waals surface area (Å²) >= 11 is 0. The Kier molecular flexibility index (Phi) is 8.80. The molecule has 2 rings (SSSR count).